The molecule has 3 rings (SSSR count). The number of fused-ring (bicyclic) bond motifs is 5. The smallest absolute Gasteiger partial charge is 0.0795 e. The van der Waals surface area contributed by atoms with E-state index in [4.69, 9.17) is 4.74 Å². The molecular formula is C12H16O. The third-order valence-electron chi connectivity index (χ3n) is 3.84. The van der Waals surface area contributed by atoms with E-state index < -0.39 is 0 Å². The molecule has 1 fully saturated rings. The lowest BCUT2D eigenvalue weighted by molar-refractivity contribution is 0.0435. The van der Waals surface area contributed by atoms with Gasteiger partial charge in [0.25, 0.3) is 0 Å². The third-order valence-corrected chi connectivity index (χ3v) is 3.84. The van der Waals surface area contributed by atoms with E-state index in [-0.39, 0.29) is 0 Å². The second-order valence-corrected chi connectivity index (χ2v) is 4.41. The van der Waals surface area contributed by atoms with Crippen molar-refractivity contribution in [2.24, 2.45) is 23.7 Å². The van der Waals surface area contributed by atoms with Gasteiger partial charge in [-0.05, 0) is 31.1 Å². The topological polar surface area (TPSA) is 9.23 Å². The van der Waals surface area contributed by atoms with Gasteiger partial charge in [-0.25, -0.2) is 0 Å². The van der Waals surface area contributed by atoms with E-state index in [1.54, 1.807) is 0 Å². The van der Waals surface area contributed by atoms with Gasteiger partial charge in [0.05, 0.1) is 6.10 Å². The van der Waals surface area contributed by atoms with E-state index in [2.05, 4.69) is 31.2 Å². The van der Waals surface area contributed by atoms with Gasteiger partial charge in [0, 0.05) is 12.5 Å². The molecule has 0 aromatic carbocycles. The molecule has 5 atom stereocenters. The van der Waals surface area contributed by atoms with E-state index >= 15 is 0 Å². The molecule has 0 radical (unpaired) electrons. The molecular weight excluding hydrogens is 160 g/mol. The van der Waals surface area contributed by atoms with Crippen LogP contribution in [0.3, 0.4) is 0 Å². The third kappa shape index (κ3) is 0.969. The summed E-state index contributed by atoms with van der Waals surface area (Å²) in [4.78, 5) is 0. The molecule has 0 heterocycles. The van der Waals surface area contributed by atoms with E-state index in [0.717, 1.165) is 30.3 Å². The first-order valence-corrected chi connectivity index (χ1v) is 5.38. The van der Waals surface area contributed by atoms with Crippen LogP contribution in [0.25, 0.3) is 0 Å². The van der Waals surface area contributed by atoms with Gasteiger partial charge in [-0.1, -0.05) is 24.3 Å². The predicted octanol–water partition coefficient (Wildman–Crippen LogP) is 2.40. The van der Waals surface area contributed by atoms with Crippen molar-refractivity contribution in [2.75, 3.05) is 6.61 Å². The minimum atomic E-state index is 0.412. The Hall–Kier alpha value is -0.560. The first kappa shape index (κ1) is 7.81. The summed E-state index contributed by atoms with van der Waals surface area (Å²) < 4.78 is 5.75. The quantitative estimate of drug-likeness (QED) is 0.587. The van der Waals surface area contributed by atoms with Gasteiger partial charge in [-0.15, -0.1) is 0 Å². The molecule has 13 heavy (non-hydrogen) atoms. The van der Waals surface area contributed by atoms with Crippen LogP contribution < -0.4 is 0 Å². The van der Waals surface area contributed by atoms with Crippen LogP contribution in [0.5, 0.6) is 0 Å². The van der Waals surface area contributed by atoms with Gasteiger partial charge in [0.2, 0.25) is 0 Å². The van der Waals surface area contributed by atoms with Crippen LogP contribution in [0.15, 0.2) is 24.3 Å². The zero-order valence-corrected chi connectivity index (χ0v) is 8.02. The summed E-state index contributed by atoms with van der Waals surface area (Å²) in [5, 5.41) is 0. The van der Waals surface area contributed by atoms with E-state index in [1.807, 2.05) is 0 Å². The summed E-state index contributed by atoms with van der Waals surface area (Å²) in [6, 6.07) is 0. The zero-order valence-electron chi connectivity index (χ0n) is 8.02. The lowest BCUT2D eigenvalue weighted by Crippen LogP contribution is -2.26. The van der Waals surface area contributed by atoms with Crippen molar-refractivity contribution < 1.29 is 4.74 Å². The molecule has 1 nitrogen and oxygen atoms in total. The highest BCUT2D eigenvalue weighted by atomic mass is 16.5. The van der Waals surface area contributed by atoms with Crippen LogP contribution in [0.4, 0.5) is 0 Å². The Morgan fingerprint density at radius 3 is 2.85 bits per heavy atom. The van der Waals surface area contributed by atoms with Crippen molar-refractivity contribution in [2.45, 2.75) is 19.4 Å². The highest BCUT2D eigenvalue weighted by Gasteiger charge is 2.48. The van der Waals surface area contributed by atoms with Crippen molar-refractivity contribution in [3.8, 4) is 0 Å². The molecule has 0 saturated heterocycles. The predicted molar refractivity (Wildman–Crippen MR) is 52.3 cm³/mol. The van der Waals surface area contributed by atoms with Crippen LogP contribution >= 0.6 is 0 Å². The molecule has 3 aliphatic carbocycles. The van der Waals surface area contributed by atoms with Crippen molar-refractivity contribution >= 4 is 0 Å². The van der Waals surface area contributed by atoms with E-state index in [0.29, 0.717) is 6.10 Å². The van der Waals surface area contributed by atoms with Crippen LogP contribution in [0.1, 0.15) is 13.3 Å². The number of allylic oxidation sites excluding steroid dienone is 3. The number of hydrogen-bond donors (Lipinski definition) is 0. The Labute approximate surface area is 79.5 Å². The monoisotopic (exact) mass is 176 g/mol. The Morgan fingerprint density at radius 1 is 1.15 bits per heavy atom. The van der Waals surface area contributed by atoms with Gasteiger partial charge >= 0.3 is 0 Å². The lowest BCUT2D eigenvalue weighted by atomic mass is 9.84. The summed E-state index contributed by atoms with van der Waals surface area (Å²) >= 11 is 0. The second-order valence-electron chi connectivity index (χ2n) is 4.41. The molecule has 3 aliphatic rings. The van der Waals surface area contributed by atoms with E-state index in [9.17, 15) is 0 Å². The lowest BCUT2D eigenvalue weighted by Gasteiger charge is -2.25. The first-order valence-electron chi connectivity index (χ1n) is 5.38. The molecule has 0 aromatic heterocycles. The summed E-state index contributed by atoms with van der Waals surface area (Å²) in [5.74, 6) is 3.21. The molecule has 1 heteroatoms. The maximum Gasteiger partial charge on any atom is 0.0795 e. The summed E-state index contributed by atoms with van der Waals surface area (Å²) in [6.07, 6.45) is 11.3. The molecule has 2 bridgehead atoms. The zero-order chi connectivity index (χ0) is 8.84. The Bertz CT molecular complexity index is 266. The van der Waals surface area contributed by atoms with Crippen molar-refractivity contribution in [3.63, 3.8) is 0 Å². The van der Waals surface area contributed by atoms with Crippen molar-refractivity contribution in [1.82, 2.24) is 0 Å². The number of ether oxygens (including phenoxy) is 1. The SMILES string of the molecule is CCOC1C=CC2C1[C@@H]1C=C[C@H]2C1. The fraction of sp³-hybridized carbons (Fsp3) is 0.667. The van der Waals surface area contributed by atoms with Gasteiger partial charge in [0.15, 0.2) is 0 Å². The molecule has 70 valence electrons. The molecule has 0 spiro atoms. The first-order chi connectivity index (χ1) is 6.40. The Balaban J connectivity index is 1.83. The molecule has 1 saturated carbocycles. The van der Waals surface area contributed by atoms with E-state index in [1.165, 1.54) is 6.42 Å². The maximum atomic E-state index is 5.75. The Kier molecular flexibility index (Phi) is 1.63. The fourth-order valence-electron chi connectivity index (χ4n) is 3.36. The second kappa shape index (κ2) is 2.71. The summed E-state index contributed by atoms with van der Waals surface area (Å²) in [5.41, 5.74) is 0. The standard InChI is InChI=1S/C12H16O/c1-2-13-11-6-5-10-8-3-4-9(7-8)12(10)11/h3-6,8-12H,2,7H2,1H3/t8-,9+,10?,11?,12?/m0/s1. The van der Waals surface area contributed by atoms with Crippen LogP contribution in [0.2, 0.25) is 0 Å². The van der Waals surface area contributed by atoms with Gasteiger partial charge in [0.1, 0.15) is 0 Å². The molecule has 0 N–H and O–H groups in total. The average molecular weight is 176 g/mol. The largest absolute Gasteiger partial charge is 0.374 e. The Morgan fingerprint density at radius 2 is 2.00 bits per heavy atom. The highest BCUT2D eigenvalue weighted by molar-refractivity contribution is 5.24. The van der Waals surface area contributed by atoms with Crippen molar-refractivity contribution in [3.05, 3.63) is 24.3 Å². The normalized spacial score (nSPS) is 50.4. The van der Waals surface area contributed by atoms with Crippen LogP contribution in [-0.4, -0.2) is 12.7 Å². The number of hydrogen-bond acceptors (Lipinski definition) is 1. The number of rotatable bonds is 2. The summed E-state index contributed by atoms with van der Waals surface area (Å²) in [7, 11) is 0. The molecule has 0 amide bonds. The average Bonchev–Trinajstić information content (AvgIpc) is 2.74. The fourth-order valence-corrected chi connectivity index (χ4v) is 3.36. The van der Waals surface area contributed by atoms with Gasteiger partial charge < -0.3 is 4.74 Å². The molecule has 0 aromatic rings. The molecule has 0 aliphatic heterocycles. The minimum absolute atomic E-state index is 0.412. The van der Waals surface area contributed by atoms with Crippen LogP contribution in [-0.2, 0) is 4.74 Å². The maximum absolute atomic E-state index is 5.75. The van der Waals surface area contributed by atoms with Gasteiger partial charge in [-0.3, -0.25) is 0 Å². The van der Waals surface area contributed by atoms with Crippen molar-refractivity contribution in [1.29, 1.82) is 0 Å². The molecule has 3 unspecified atom stereocenters. The van der Waals surface area contributed by atoms with Gasteiger partial charge in [-0.2, -0.15) is 0 Å². The summed E-state index contributed by atoms with van der Waals surface area (Å²) in [6.45, 7) is 2.93. The van der Waals surface area contributed by atoms with Crippen LogP contribution in [0, 0.1) is 23.7 Å². The highest BCUT2D eigenvalue weighted by Crippen LogP contribution is 2.53. The minimum Gasteiger partial charge on any atom is -0.374 e.